The molecule has 2 rings (SSSR count). The molecule has 0 fully saturated rings. The summed E-state index contributed by atoms with van der Waals surface area (Å²) in [5, 5.41) is 22.9. The summed E-state index contributed by atoms with van der Waals surface area (Å²) in [7, 11) is 0. The summed E-state index contributed by atoms with van der Waals surface area (Å²) in [6.07, 6.45) is 6.21. The molecule has 0 bridgehead atoms. The van der Waals surface area contributed by atoms with E-state index in [9.17, 15) is 15.0 Å². The highest BCUT2D eigenvalue weighted by Gasteiger charge is 2.17. The second-order valence-corrected chi connectivity index (χ2v) is 7.35. The first-order chi connectivity index (χ1) is 14.9. The third kappa shape index (κ3) is 7.24. The molecule has 31 heavy (non-hydrogen) atoms. The molecule has 0 saturated carbocycles. The van der Waals surface area contributed by atoms with Crippen LogP contribution in [-0.4, -0.2) is 28.3 Å². The molecule has 168 valence electrons. The van der Waals surface area contributed by atoms with Gasteiger partial charge >= 0.3 is 0 Å². The number of hydrogen-bond acceptors (Lipinski definition) is 5. The van der Waals surface area contributed by atoms with E-state index in [1.807, 2.05) is 27.7 Å². The maximum atomic E-state index is 12.3. The number of nitrogens with one attached hydrogen (secondary N) is 1. The Morgan fingerprint density at radius 2 is 1.48 bits per heavy atom. The van der Waals surface area contributed by atoms with E-state index in [-0.39, 0.29) is 29.6 Å². The van der Waals surface area contributed by atoms with Crippen LogP contribution in [0, 0.1) is 0 Å². The predicted molar refractivity (Wildman–Crippen MR) is 124 cm³/mol. The van der Waals surface area contributed by atoms with Crippen molar-refractivity contribution in [3.05, 3.63) is 48.0 Å². The molecular formula is C25H33NO5. The summed E-state index contributed by atoms with van der Waals surface area (Å²) in [5.41, 5.74) is 1.17. The van der Waals surface area contributed by atoms with Crippen LogP contribution >= 0.6 is 0 Å². The minimum atomic E-state index is -0.344. The Balaban J connectivity index is 2.28. The van der Waals surface area contributed by atoms with Gasteiger partial charge in [0.1, 0.15) is 5.75 Å². The lowest BCUT2D eigenvalue weighted by molar-refractivity contribution is -0.111. The van der Waals surface area contributed by atoms with Gasteiger partial charge < -0.3 is 25.0 Å². The minimum absolute atomic E-state index is 0.0276. The number of hydrogen-bond donors (Lipinski definition) is 3. The number of phenolic OH excluding ortho intramolecular Hbond substituents is 2. The van der Waals surface area contributed by atoms with E-state index in [0.717, 1.165) is 25.7 Å². The molecule has 0 aromatic heterocycles. The Morgan fingerprint density at radius 1 is 0.935 bits per heavy atom. The zero-order chi connectivity index (χ0) is 22.8. The molecule has 3 N–H and O–H groups in total. The Labute approximate surface area is 184 Å². The van der Waals surface area contributed by atoms with Crippen LogP contribution in [0.3, 0.4) is 0 Å². The Morgan fingerprint density at radius 3 is 1.97 bits per heavy atom. The van der Waals surface area contributed by atoms with Gasteiger partial charge in [0.05, 0.1) is 12.2 Å². The zero-order valence-electron chi connectivity index (χ0n) is 18.7. The first-order valence-corrected chi connectivity index (χ1v) is 10.9. The summed E-state index contributed by atoms with van der Waals surface area (Å²) >= 11 is 0. The minimum Gasteiger partial charge on any atom is -0.508 e. The van der Waals surface area contributed by atoms with Gasteiger partial charge in [-0.2, -0.15) is 0 Å². The van der Waals surface area contributed by atoms with E-state index in [1.165, 1.54) is 18.2 Å². The Hall–Kier alpha value is -3.15. The molecule has 2 aromatic carbocycles. The van der Waals surface area contributed by atoms with Crippen LogP contribution in [0.2, 0.25) is 0 Å². The first-order valence-electron chi connectivity index (χ1n) is 10.9. The lowest BCUT2D eigenvalue weighted by Crippen LogP contribution is -2.16. The van der Waals surface area contributed by atoms with Gasteiger partial charge in [-0.05, 0) is 61.6 Å². The third-order valence-electron chi connectivity index (χ3n) is 5.01. The van der Waals surface area contributed by atoms with Crippen molar-refractivity contribution >= 4 is 17.7 Å². The fourth-order valence-electron chi connectivity index (χ4n) is 3.09. The van der Waals surface area contributed by atoms with Crippen LogP contribution in [0.25, 0.3) is 6.08 Å². The van der Waals surface area contributed by atoms with Crippen LogP contribution in [-0.2, 0) is 4.79 Å². The topological polar surface area (TPSA) is 88.0 Å². The van der Waals surface area contributed by atoms with Gasteiger partial charge in [0, 0.05) is 17.8 Å². The van der Waals surface area contributed by atoms with E-state index < -0.39 is 0 Å². The maximum absolute atomic E-state index is 12.3. The standard InChI is InChI=1S/C25H33NO5/c1-5-20(6-2)30-22-14-17(15-23(25(22)29)31-21(7-3)8-4)12-13-24(28)26-18-10-9-11-19(27)16-18/h9-16,20-21,27,29H,5-8H2,1-4H3,(H,26,28). The van der Waals surface area contributed by atoms with Gasteiger partial charge in [0.2, 0.25) is 11.7 Å². The second-order valence-electron chi connectivity index (χ2n) is 7.35. The number of anilines is 1. The number of benzene rings is 2. The van der Waals surface area contributed by atoms with E-state index in [4.69, 9.17) is 9.47 Å². The van der Waals surface area contributed by atoms with Crippen molar-refractivity contribution in [3.63, 3.8) is 0 Å². The molecule has 0 aliphatic carbocycles. The van der Waals surface area contributed by atoms with E-state index >= 15 is 0 Å². The van der Waals surface area contributed by atoms with Crippen LogP contribution in [0.5, 0.6) is 23.0 Å². The van der Waals surface area contributed by atoms with Crippen molar-refractivity contribution in [2.45, 2.75) is 65.6 Å². The number of carbonyl (C=O) groups is 1. The van der Waals surface area contributed by atoms with Crippen molar-refractivity contribution in [3.8, 4) is 23.0 Å². The summed E-state index contributed by atoms with van der Waals surface area (Å²) in [6, 6.07) is 9.74. The summed E-state index contributed by atoms with van der Waals surface area (Å²) < 4.78 is 12.0. The molecule has 0 atom stereocenters. The van der Waals surface area contributed by atoms with Crippen LogP contribution in [0.4, 0.5) is 5.69 Å². The van der Waals surface area contributed by atoms with Crippen LogP contribution in [0.1, 0.15) is 58.9 Å². The molecule has 0 aliphatic rings. The van der Waals surface area contributed by atoms with Crippen molar-refractivity contribution < 1.29 is 24.5 Å². The molecule has 0 saturated heterocycles. The van der Waals surface area contributed by atoms with Gasteiger partial charge in [-0.25, -0.2) is 0 Å². The summed E-state index contributed by atoms with van der Waals surface area (Å²) in [4.78, 5) is 12.3. The van der Waals surface area contributed by atoms with Gasteiger partial charge in [0.15, 0.2) is 11.5 Å². The second kappa shape index (κ2) is 11.9. The van der Waals surface area contributed by atoms with Crippen molar-refractivity contribution in [1.82, 2.24) is 0 Å². The molecule has 0 radical (unpaired) electrons. The molecule has 6 nitrogen and oxygen atoms in total. The third-order valence-corrected chi connectivity index (χ3v) is 5.01. The highest BCUT2D eigenvalue weighted by atomic mass is 16.5. The number of rotatable bonds is 11. The van der Waals surface area contributed by atoms with Crippen molar-refractivity contribution in [2.24, 2.45) is 0 Å². The zero-order valence-corrected chi connectivity index (χ0v) is 18.7. The maximum Gasteiger partial charge on any atom is 0.248 e. The lowest BCUT2D eigenvalue weighted by Gasteiger charge is -2.21. The molecule has 2 aromatic rings. The number of aromatic hydroxyl groups is 2. The molecule has 0 spiro atoms. The Kier molecular flexibility index (Phi) is 9.25. The quantitative estimate of drug-likeness (QED) is 0.390. The van der Waals surface area contributed by atoms with E-state index in [2.05, 4.69) is 5.32 Å². The number of phenols is 2. The average molecular weight is 428 g/mol. The first kappa shape index (κ1) is 24.1. The molecule has 0 heterocycles. The molecule has 0 unspecified atom stereocenters. The molecule has 6 heteroatoms. The molecular weight excluding hydrogens is 394 g/mol. The Bertz CT molecular complexity index is 850. The summed E-state index contributed by atoms with van der Waals surface area (Å²) in [5.74, 6) is 0.380. The molecule has 0 aliphatic heterocycles. The lowest BCUT2D eigenvalue weighted by atomic mass is 10.1. The molecule has 1 amide bonds. The van der Waals surface area contributed by atoms with Gasteiger partial charge in [-0.15, -0.1) is 0 Å². The van der Waals surface area contributed by atoms with Crippen LogP contribution < -0.4 is 14.8 Å². The number of carbonyl (C=O) groups excluding carboxylic acids is 1. The van der Waals surface area contributed by atoms with Crippen molar-refractivity contribution in [1.29, 1.82) is 0 Å². The predicted octanol–water partition coefficient (Wildman–Crippen LogP) is 5.88. The highest BCUT2D eigenvalue weighted by Crippen LogP contribution is 2.40. The SMILES string of the molecule is CCC(CC)Oc1cc(C=CC(=O)Nc2cccc(O)c2)cc(OC(CC)CC)c1O. The fraction of sp³-hybridized carbons (Fsp3) is 0.400. The largest absolute Gasteiger partial charge is 0.508 e. The fourth-order valence-corrected chi connectivity index (χ4v) is 3.09. The normalized spacial score (nSPS) is 11.3. The van der Waals surface area contributed by atoms with Gasteiger partial charge in [0.25, 0.3) is 0 Å². The number of ether oxygens (including phenoxy) is 2. The number of amides is 1. The van der Waals surface area contributed by atoms with E-state index in [0.29, 0.717) is 22.7 Å². The van der Waals surface area contributed by atoms with E-state index in [1.54, 1.807) is 30.3 Å². The smallest absolute Gasteiger partial charge is 0.248 e. The van der Waals surface area contributed by atoms with Crippen molar-refractivity contribution in [2.75, 3.05) is 5.32 Å². The van der Waals surface area contributed by atoms with Gasteiger partial charge in [-0.1, -0.05) is 33.8 Å². The summed E-state index contributed by atoms with van der Waals surface area (Å²) in [6.45, 7) is 8.12. The average Bonchev–Trinajstić information content (AvgIpc) is 2.76. The highest BCUT2D eigenvalue weighted by molar-refractivity contribution is 6.02. The monoisotopic (exact) mass is 427 g/mol. The van der Waals surface area contributed by atoms with Gasteiger partial charge in [-0.3, -0.25) is 4.79 Å². The van der Waals surface area contributed by atoms with Crippen LogP contribution in [0.15, 0.2) is 42.5 Å².